The van der Waals surface area contributed by atoms with Crippen molar-refractivity contribution in [1.29, 1.82) is 0 Å². The lowest BCUT2D eigenvalue weighted by Crippen LogP contribution is -2.30. The number of carbonyl (C=O) groups is 3. The van der Waals surface area contributed by atoms with Crippen molar-refractivity contribution in [2.45, 2.75) is 0 Å². The van der Waals surface area contributed by atoms with Crippen LogP contribution in [0.5, 0.6) is 0 Å². The van der Waals surface area contributed by atoms with Gasteiger partial charge in [-0.05, 0) is 0 Å². The Balaban J connectivity index is 2.34. The van der Waals surface area contributed by atoms with Gasteiger partial charge in [0, 0.05) is 5.56 Å². The average Bonchev–Trinajstić information content (AvgIpc) is 2.34. The number of carbonyl (C=O) groups excluding carboxylic acids is 2. The molecule has 1 rings (SSSR count). The van der Waals surface area contributed by atoms with E-state index < -0.39 is 18.4 Å². The van der Waals surface area contributed by atoms with Crippen LogP contribution in [0, 0.1) is 0 Å². The summed E-state index contributed by atoms with van der Waals surface area (Å²) in [5.74, 6) is -1.67. The highest BCUT2D eigenvalue weighted by molar-refractivity contribution is 8.14. The Labute approximate surface area is 102 Å². The molecule has 1 aromatic rings. The van der Waals surface area contributed by atoms with Gasteiger partial charge in [0.1, 0.15) is 6.54 Å². The highest BCUT2D eigenvalue weighted by Gasteiger charge is 2.09. The fourth-order valence-electron chi connectivity index (χ4n) is 1.01. The Morgan fingerprint density at radius 1 is 1.18 bits per heavy atom. The van der Waals surface area contributed by atoms with Crippen LogP contribution in [0.1, 0.15) is 10.4 Å². The Hall–Kier alpha value is -1.82. The van der Waals surface area contributed by atoms with E-state index in [1.54, 1.807) is 30.3 Å². The lowest BCUT2D eigenvalue weighted by atomic mass is 10.2. The quantitative estimate of drug-likeness (QED) is 0.809. The first-order chi connectivity index (χ1) is 8.09. The van der Waals surface area contributed by atoms with Crippen LogP contribution in [0.15, 0.2) is 30.3 Å². The molecule has 90 valence electrons. The molecule has 2 N–H and O–H groups in total. The maximum atomic E-state index is 11.6. The second-order valence-electron chi connectivity index (χ2n) is 3.11. The van der Waals surface area contributed by atoms with Gasteiger partial charge in [0.2, 0.25) is 11.0 Å². The molecule has 1 aromatic carbocycles. The Morgan fingerprint density at radius 3 is 2.41 bits per heavy atom. The third kappa shape index (κ3) is 5.17. The summed E-state index contributed by atoms with van der Waals surface area (Å²) in [6, 6.07) is 8.58. The third-order valence-corrected chi connectivity index (χ3v) is 2.69. The number of hydrogen-bond acceptors (Lipinski definition) is 4. The summed E-state index contributed by atoms with van der Waals surface area (Å²) < 4.78 is 0. The summed E-state index contributed by atoms with van der Waals surface area (Å²) in [6.07, 6.45) is 0. The average molecular weight is 253 g/mol. The number of carboxylic acid groups (broad SMARTS) is 1. The molecule has 0 aliphatic rings. The Kier molecular flexibility index (Phi) is 5.22. The Bertz CT molecular complexity index is 419. The molecule has 17 heavy (non-hydrogen) atoms. The van der Waals surface area contributed by atoms with E-state index in [2.05, 4.69) is 5.32 Å². The molecule has 0 radical (unpaired) electrons. The van der Waals surface area contributed by atoms with Gasteiger partial charge in [-0.3, -0.25) is 14.4 Å². The second kappa shape index (κ2) is 6.70. The van der Waals surface area contributed by atoms with Crippen LogP contribution in [-0.4, -0.2) is 34.4 Å². The van der Waals surface area contributed by atoms with Crippen LogP contribution in [0.4, 0.5) is 0 Å². The van der Waals surface area contributed by atoms with Crippen LogP contribution in [-0.2, 0) is 9.59 Å². The van der Waals surface area contributed by atoms with E-state index in [4.69, 9.17) is 5.11 Å². The predicted octanol–water partition coefficient (Wildman–Crippen LogP) is 0.761. The second-order valence-corrected chi connectivity index (χ2v) is 4.06. The molecule has 0 saturated heterocycles. The van der Waals surface area contributed by atoms with E-state index in [0.29, 0.717) is 5.56 Å². The molecule has 0 heterocycles. The summed E-state index contributed by atoms with van der Waals surface area (Å²) in [7, 11) is 0. The fourth-order valence-corrected chi connectivity index (χ4v) is 1.68. The zero-order chi connectivity index (χ0) is 12.7. The minimum atomic E-state index is -1.11. The van der Waals surface area contributed by atoms with E-state index in [1.807, 2.05) is 0 Å². The molecule has 6 heteroatoms. The van der Waals surface area contributed by atoms with Crippen molar-refractivity contribution < 1.29 is 19.5 Å². The predicted molar refractivity (Wildman–Crippen MR) is 63.9 cm³/mol. The highest BCUT2D eigenvalue weighted by Crippen LogP contribution is 2.11. The molecule has 5 nitrogen and oxygen atoms in total. The van der Waals surface area contributed by atoms with E-state index in [0.717, 1.165) is 11.8 Å². The van der Waals surface area contributed by atoms with Crippen LogP contribution in [0.3, 0.4) is 0 Å². The lowest BCUT2D eigenvalue weighted by Gasteiger charge is -2.01. The summed E-state index contributed by atoms with van der Waals surface area (Å²) >= 11 is 0.845. The lowest BCUT2D eigenvalue weighted by molar-refractivity contribution is -0.137. The summed E-state index contributed by atoms with van der Waals surface area (Å²) in [5.41, 5.74) is 0.517. The summed E-state index contributed by atoms with van der Waals surface area (Å²) in [5, 5.41) is 10.3. The molecule has 0 bridgehead atoms. The van der Waals surface area contributed by atoms with Crippen molar-refractivity contribution in [3.8, 4) is 0 Å². The number of amides is 1. The van der Waals surface area contributed by atoms with Crippen LogP contribution in [0.2, 0.25) is 0 Å². The van der Waals surface area contributed by atoms with Crippen molar-refractivity contribution in [2.75, 3.05) is 12.3 Å². The van der Waals surface area contributed by atoms with Gasteiger partial charge in [0.15, 0.2) is 0 Å². The van der Waals surface area contributed by atoms with Gasteiger partial charge < -0.3 is 10.4 Å². The molecule has 0 spiro atoms. The van der Waals surface area contributed by atoms with Crippen LogP contribution < -0.4 is 5.32 Å². The number of carboxylic acids is 1. The van der Waals surface area contributed by atoms with E-state index in [-0.39, 0.29) is 10.9 Å². The first-order valence-electron chi connectivity index (χ1n) is 4.80. The monoisotopic (exact) mass is 253 g/mol. The third-order valence-electron chi connectivity index (χ3n) is 1.78. The number of nitrogens with one attached hydrogen (secondary N) is 1. The van der Waals surface area contributed by atoms with E-state index in [9.17, 15) is 14.4 Å². The molecule has 0 saturated carbocycles. The van der Waals surface area contributed by atoms with Gasteiger partial charge >= 0.3 is 5.97 Å². The van der Waals surface area contributed by atoms with Crippen molar-refractivity contribution in [3.63, 3.8) is 0 Å². The van der Waals surface area contributed by atoms with Crippen molar-refractivity contribution in [2.24, 2.45) is 0 Å². The molecule has 0 unspecified atom stereocenters. The number of thioether (sulfide) groups is 1. The largest absolute Gasteiger partial charge is 0.480 e. The van der Waals surface area contributed by atoms with Crippen molar-refractivity contribution >= 4 is 28.8 Å². The molecule has 1 amide bonds. The molecule has 0 fully saturated rings. The van der Waals surface area contributed by atoms with Gasteiger partial charge in [-0.1, -0.05) is 42.1 Å². The number of hydrogen-bond donors (Lipinski definition) is 2. The standard InChI is InChI=1S/C11H11NO4S/c13-9(12-6-10(14)15)7-17-11(16)8-4-2-1-3-5-8/h1-5H,6-7H2,(H,12,13)(H,14,15). The molecule has 0 atom stereocenters. The zero-order valence-electron chi connectivity index (χ0n) is 8.88. The SMILES string of the molecule is O=C(O)CNC(=O)CSC(=O)c1ccccc1. The van der Waals surface area contributed by atoms with Crippen molar-refractivity contribution in [1.82, 2.24) is 5.32 Å². The maximum Gasteiger partial charge on any atom is 0.322 e. The van der Waals surface area contributed by atoms with E-state index >= 15 is 0 Å². The van der Waals surface area contributed by atoms with Gasteiger partial charge in [0.25, 0.3) is 0 Å². The van der Waals surface area contributed by atoms with Gasteiger partial charge in [-0.15, -0.1) is 0 Å². The minimum Gasteiger partial charge on any atom is -0.480 e. The normalized spacial score (nSPS) is 9.65. The minimum absolute atomic E-state index is 0.0823. The Morgan fingerprint density at radius 2 is 1.82 bits per heavy atom. The number of benzene rings is 1. The topological polar surface area (TPSA) is 83.5 Å². The molecule has 0 aromatic heterocycles. The highest BCUT2D eigenvalue weighted by atomic mass is 32.2. The summed E-state index contributed by atoms with van der Waals surface area (Å²) in [4.78, 5) is 32.9. The van der Waals surface area contributed by atoms with Crippen LogP contribution >= 0.6 is 11.8 Å². The summed E-state index contributed by atoms with van der Waals surface area (Å²) in [6.45, 7) is -0.432. The van der Waals surface area contributed by atoms with Gasteiger partial charge in [0.05, 0.1) is 5.75 Å². The smallest absolute Gasteiger partial charge is 0.322 e. The van der Waals surface area contributed by atoms with E-state index in [1.165, 1.54) is 0 Å². The maximum absolute atomic E-state index is 11.6. The van der Waals surface area contributed by atoms with Crippen molar-refractivity contribution in [3.05, 3.63) is 35.9 Å². The van der Waals surface area contributed by atoms with Gasteiger partial charge in [-0.25, -0.2) is 0 Å². The first kappa shape index (κ1) is 13.2. The number of aliphatic carboxylic acids is 1. The molecule has 0 aliphatic carbocycles. The van der Waals surface area contributed by atoms with Crippen LogP contribution in [0.25, 0.3) is 0 Å². The number of rotatable bonds is 5. The molecular weight excluding hydrogens is 242 g/mol. The zero-order valence-corrected chi connectivity index (χ0v) is 9.70. The first-order valence-corrected chi connectivity index (χ1v) is 5.79. The fraction of sp³-hybridized carbons (Fsp3) is 0.182. The molecule has 0 aliphatic heterocycles. The van der Waals surface area contributed by atoms with Gasteiger partial charge in [-0.2, -0.15) is 0 Å². The molecular formula is C11H11NO4S.